The number of nitrogens with zero attached hydrogens (tertiary/aromatic N) is 1. The molecule has 0 spiro atoms. The highest BCUT2D eigenvalue weighted by molar-refractivity contribution is 7.17. The second-order valence-corrected chi connectivity index (χ2v) is 10.3. The third-order valence-electron chi connectivity index (χ3n) is 6.13. The fourth-order valence-electron chi connectivity index (χ4n) is 4.15. The molecule has 7 nitrogen and oxygen atoms in total. The molecule has 0 aliphatic heterocycles. The summed E-state index contributed by atoms with van der Waals surface area (Å²) in [5.41, 5.74) is 3.25. The molecular weight excluding hydrogens is 536 g/mol. The van der Waals surface area contributed by atoms with E-state index in [-0.39, 0.29) is 19.9 Å². The van der Waals surface area contributed by atoms with Gasteiger partial charge in [0, 0.05) is 16.0 Å². The topological polar surface area (TPSA) is 82.6 Å². The largest absolute Gasteiger partial charge is 0.374 e. The number of aromatic nitrogens is 2. The summed E-state index contributed by atoms with van der Waals surface area (Å²) < 4.78 is 20.0. The van der Waals surface area contributed by atoms with Crippen molar-refractivity contribution in [3.05, 3.63) is 127 Å². The molecule has 0 aliphatic carbocycles. The lowest BCUT2D eigenvalue weighted by Gasteiger charge is -2.20. The Morgan fingerprint density at radius 3 is 2.00 bits per heavy atom. The van der Waals surface area contributed by atoms with Crippen LogP contribution in [0.5, 0.6) is 0 Å². The molecule has 0 bridgehead atoms. The highest BCUT2D eigenvalue weighted by Crippen LogP contribution is 2.32. The first-order chi connectivity index (χ1) is 19.1. The van der Waals surface area contributed by atoms with Gasteiger partial charge >= 0.3 is 5.69 Å². The molecule has 5 aromatic rings. The summed E-state index contributed by atoms with van der Waals surface area (Å²) >= 11 is 7.35. The average Bonchev–Trinajstić information content (AvgIpc) is 3.40. The van der Waals surface area contributed by atoms with Gasteiger partial charge in [0.05, 0.1) is 31.9 Å². The molecule has 0 saturated carbocycles. The molecule has 0 aliphatic rings. The van der Waals surface area contributed by atoms with E-state index in [1.165, 1.54) is 15.9 Å². The molecule has 5 rings (SSSR count). The molecule has 2 heterocycles. The van der Waals surface area contributed by atoms with E-state index < -0.39 is 17.4 Å². The highest BCUT2D eigenvalue weighted by Gasteiger charge is 2.18. The lowest BCUT2D eigenvalue weighted by atomic mass is 10.1. The third kappa shape index (κ3) is 6.92. The molecule has 3 aromatic carbocycles. The monoisotopic (exact) mass is 562 g/mol. The summed E-state index contributed by atoms with van der Waals surface area (Å²) in [6.07, 6.45) is -0.455. The molecule has 2 aromatic heterocycles. The Labute approximate surface area is 234 Å². The van der Waals surface area contributed by atoms with Crippen molar-refractivity contribution in [1.82, 2.24) is 9.55 Å². The number of ether oxygens (including phenoxy) is 3. The summed E-state index contributed by atoms with van der Waals surface area (Å²) in [4.78, 5) is 27.9. The van der Waals surface area contributed by atoms with Crippen molar-refractivity contribution < 1.29 is 14.2 Å². The molecule has 200 valence electrons. The summed E-state index contributed by atoms with van der Waals surface area (Å²) in [6, 6.07) is 27.0. The maximum absolute atomic E-state index is 12.9. The predicted molar refractivity (Wildman–Crippen MR) is 154 cm³/mol. The Kier molecular flexibility index (Phi) is 9.03. The Hall–Kier alpha value is -3.53. The molecule has 0 amide bonds. The number of H-pyrrole nitrogens is 1. The van der Waals surface area contributed by atoms with Crippen LogP contribution in [0.1, 0.15) is 11.1 Å². The van der Waals surface area contributed by atoms with Crippen molar-refractivity contribution in [1.29, 1.82) is 0 Å². The number of thiophene rings is 1. The van der Waals surface area contributed by atoms with Gasteiger partial charge < -0.3 is 14.2 Å². The van der Waals surface area contributed by atoms with Crippen LogP contribution in [-0.4, -0.2) is 28.9 Å². The van der Waals surface area contributed by atoms with Gasteiger partial charge in [-0.3, -0.25) is 14.3 Å². The Bertz CT molecular complexity index is 1570. The lowest BCUT2D eigenvalue weighted by molar-refractivity contribution is -0.0873. The van der Waals surface area contributed by atoms with E-state index in [1.807, 2.05) is 78.2 Å². The van der Waals surface area contributed by atoms with Gasteiger partial charge in [-0.25, -0.2) is 4.79 Å². The minimum atomic E-state index is -0.546. The van der Waals surface area contributed by atoms with Crippen LogP contribution >= 0.6 is 22.9 Å². The molecule has 1 N–H and O–H groups in total. The van der Waals surface area contributed by atoms with Crippen molar-refractivity contribution >= 4 is 33.2 Å². The standard InChI is InChI=1S/C30H27ClN2O5S/c31-24-13-11-23(12-14-24)26-19-39-28-27(26)33(30(35)32-29(28)34)20-38-25(17-36-15-21-7-3-1-4-8-21)18-37-16-22-9-5-2-6-10-22/h1-14,19,25H,15-18,20H2,(H,32,34,35). The summed E-state index contributed by atoms with van der Waals surface area (Å²) in [5.74, 6) is 0. The molecule has 9 heteroatoms. The van der Waals surface area contributed by atoms with Crippen LogP contribution in [0.3, 0.4) is 0 Å². The van der Waals surface area contributed by atoms with Gasteiger partial charge in [-0.2, -0.15) is 0 Å². The van der Waals surface area contributed by atoms with Gasteiger partial charge in [0.25, 0.3) is 5.56 Å². The van der Waals surface area contributed by atoms with Gasteiger partial charge in [0.1, 0.15) is 17.5 Å². The minimum absolute atomic E-state index is 0.0858. The smallest absolute Gasteiger partial charge is 0.330 e. The Morgan fingerprint density at radius 2 is 1.41 bits per heavy atom. The predicted octanol–water partition coefficient (Wildman–Crippen LogP) is 5.85. The van der Waals surface area contributed by atoms with E-state index in [0.29, 0.717) is 28.5 Å². The van der Waals surface area contributed by atoms with Crippen LogP contribution in [0.2, 0.25) is 5.02 Å². The second-order valence-electron chi connectivity index (χ2n) is 8.94. The Morgan fingerprint density at radius 1 is 0.821 bits per heavy atom. The van der Waals surface area contributed by atoms with Gasteiger partial charge in [0.2, 0.25) is 0 Å². The van der Waals surface area contributed by atoms with Crippen molar-refractivity contribution in [3.63, 3.8) is 0 Å². The quantitative estimate of drug-likeness (QED) is 0.206. The van der Waals surface area contributed by atoms with E-state index in [1.54, 1.807) is 12.1 Å². The van der Waals surface area contributed by atoms with Crippen LogP contribution in [0.25, 0.3) is 21.3 Å². The number of fused-ring (bicyclic) bond motifs is 1. The first kappa shape index (κ1) is 27.1. The first-order valence-electron chi connectivity index (χ1n) is 12.4. The number of benzene rings is 3. The number of nitrogens with one attached hydrogen (secondary N) is 1. The molecule has 0 saturated heterocycles. The van der Waals surface area contributed by atoms with Crippen LogP contribution in [0, 0.1) is 0 Å². The van der Waals surface area contributed by atoms with Crippen LogP contribution in [0.4, 0.5) is 0 Å². The number of aromatic amines is 1. The van der Waals surface area contributed by atoms with Crippen molar-refractivity contribution in [3.8, 4) is 11.1 Å². The van der Waals surface area contributed by atoms with E-state index in [2.05, 4.69) is 4.98 Å². The van der Waals surface area contributed by atoms with Crippen LogP contribution in [0.15, 0.2) is 99.9 Å². The van der Waals surface area contributed by atoms with Gasteiger partial charge in [-0.1, -0.05) is 84.4 Å². The number of hydrogen-bond acceptors (Lipinski definition) is 6. The fourth-order valence-corrected chi connectivity index (χ4v) is 5.25. The van der Waals surface area contributed by atoms with Gasteiger partial charge in [0.15, 0.2) is 0 Å². The van der Waals surface area contributed by atoms with Gasteiger partial charge in [-0.15, -0.1) is 11.3 Å². The molecule has 0 fully saturated rings. The molecule has 0 unspecified atom stereocenters. The van der Waals surface area contributed by atoms with Crippen LogP contribution < -0.4 is 11.2 Å². The summed E-state index contributed by atoms with van der Waals surface area (Å²) in [5, 5.41) is 2.47. The van der Waals surface area contributed by atoms with Crippen molar-refractivity contribution in [2.45, 2.75) is 26.0 Å². The maximum atomic E-state index is 12.9. The molecule has 0 radical (unpaired) electrons. The van der Waals surface area contributed by atoms with Gasteiger partial charge in [-0.05, 0) is 28.8 Å². The average molecular weight is 563 g/mol. The number of rotatable bonds is 12. The fraction of sp³-hybridized carbons (Fsp3) is 0.200. The van der Waals surface area contributed by atoms with E-state index in [0.717, 1.165) is 22.3 Å². The van der Waals surface area contributed by atoms with E-state index in [4.69, 9.17) is 25.8 Å². The number of halogens is 1. The lowest BCUT2D eigenvalue weighted by Crippen LogP contribution is -2.33. The Balaban J connectivity index is 1.35. The van der Waals surface area contributed by atoms with Crippen molar-refractivity contribution in [2.24, 2.45) is 0 Å². The maximum Gasteiger partial charge on any atom is 0.330 e. The van der Waals surface area contributed by atoms with E-state index >= 15 is 0 Å². The summed E-state index contributed by atoms with van der Waals surface area (Å²) in [6.45, 7) is 1.29. The molecule has 0 atom stereocenters. The minimum Gasteiger partial charge on any atom is -0.374 e. The summed E-state index contributed by atoms with van der Waals surface area (Å²) in [7, 11) is 0. The SMILES string of the molecule is O=c1[nH]c(=O)n(COC(COCc2ccccc2)COCc2ccccc2)c2c(-c3ccc(Cl)cc3)csc12. The second kappa shape index (κ2) is 13.0. The first-order valence-corrected chi connectivity index (χ1v) is 13.7. The zero-order chi connectivity index (χ0) is 27.0. The van der Waals surface area contributed by atoms with Crippen LogP contribution in [-0.2, 0) is 34.2 Å². The van der Waals surface area contributed by atoms with Crippen molar-refractivity contribution in [2.75, 3.05) is 13.2 Å². The molecule has 39 heavy (non-hydrogen) atoms. The zero-order valence-electron chi connectivity index (χ0n) is 21.0. The number of hydrogen-bond donors (Lipinski definition) is 1. The third-order valence-corrected chi connectivity index (χ3v) is 7.35. The normalized spacial score (nSPS) is 11.4. The zero-order valence-corrected chi connectivity index (χ0v) is 22.6. The highest BCUT2D eigenvalue weighted by atomic mass is 35.5. The molecular formula is C30H27ClN2O5S. The van der Waals surface area contributed by atoms with E-state index in [9.17, 15) is 9.59 Å².